The predicted octanol–water partition coefficient (Wildman–Crippen LogP) is 1.68. The standard InChI is InChI=1S/C9H10BrN5O/c1-4-2-3-5(16-4)7-6(10)8(15-12)14-9(11)13-7/h2-3H,12H2,1H3,(H3,11,13,14,15). The van der Waals surface area contributed by atoms with E-state index in [4.69, 9.17) is 16.0 Å². The molecule has 0 saturated carbocycles. The van der Waals surface area contributed by atoms with Gasteiger partial charge in [-0.05, 0) is 35.0 Å². The molecule has 0 aliphatic rings. The number of anilines is 2. The van der Waals surface area contributed by atoms with E-state index >= 15 is 0 Å². The smallest absolute Gasteiger partial charge is 0.222 e. The molecule has 0 aliphatic heterocycles. The molecule has 84 valence electrons. The van der Waals surface area contributed by atoms with Crippen LogP contribution in [-0.4, -0.2) is 9.97 Å². The Balaban J connectivity index is 2.60. The molecule has 2 aromatic rings. The predicted molar refractivity (Wildman–Crippen MR) is 64.4 cm³/mol. The van der Waals surface area contributed by atoms with Crippen LogP contribution >= 0.6 is 15.9 Å². The number of hydrogen-bond acceptors (Lipinski definition) is 6. The Morgan fingerprint density at radius 1 is 1.38 bits per heavy atom. The molecule has 0 fully saturated rings. The van der Waals surface area contributed by atoms with Gasteiger partial charge in [-0.15, -0.1) is 0 Å². The highest BCUT2D eigenvalue weighted by atomic mass is 79.9. The second-order valence-corrected chi connectivity index (χ2v) is 3.94. The summed E-state index contributed by atoms with van der Waals surface area (Å²) in [6.07, 6.45) is 0. The van der Waals surface area contributed by atoms with Gasteiger partial charge in [0.15, 0.2) is 11.6 Å². The van der Waals surface area contributed by atoms with Crippen LogP contribution in [0.5, 0.6) is 0 Å². The van der Waals surface area contributed by atoms with Gasteiger partial charge in [-0.25, -0.2) is 10.8 Å². The molecule has 0 unspecified atom stereocenters. The summed E-state index contributed by atoms with van der Waals surface area (Å²) in [5.74, 6) is 7.25. The number of aryl methyl sites for hydroxylation is 1. The SMILES string of the molecule is Cc1ccc(-c2nc(N)nc(NN)c2Br)o1. The molecule has 0 radical (unpaired) electrons. The van der Waals surface area contributed by atoms with Crippen molar-refractivity contribution in [1.29, 1.82) is 0 Å². The molecule has 5 N–H and O–H groups in total. The van der Waals surface area contributed by atoms with Crippen molar-refractivity contribution in [2.45, 2.75) is 6.92 Å². The molecule has 0 amide bonds. The third-order valence-corrected chi connectivity index (χ3v) is 2.73. The molecule has 7 heteroatoms. The van der Waals surface area contributed by atoms with Crippen molar-refractivity contribution >= 4 is 27.7 Å². The Morgan fingerprint density at radius 3 is 2.69 bits per heavy atom. The third kappa shape index (κ3) is 1.86. The summed E-state index contributed by atoms with van der Waals surface area (Å²) >= 11 is 3.34. The largest absolute Gasteiger partial charge is 0.460 e. The van der Waals surface area contributed by atoms with Gasteiger partial charge in [-0.3, -0.25) is 0 Å². The molecule has 0 saturated heterocycles. The molecule has 6 nitrogen and oxygen atoms in total. The summed E-state index contributed by atoms with van der Waals surface area (Å²) in [7, 11) is 0. The van der Waals surface area contributed by atoms with Gasteiger partial charge in [0, 0.05) is 0 Å². The van der Waals surface area contributed by atoms with E-state index in [0.29, 0.717) is 21.7 Å². The zero-order valence-electron chi connectivity index (χ0n) is 8.49. The fraction of sp³-hybridized carbons (Fsp3) is 0.111. The van der Waals surface area contributed by atoms with E-state index < -0.39 is 0 Å². The highest BCUT2D eigenvalue weighted by Crippen LogP contribution is 2.32. The van der Waals surface area contributed by atoms with Crippen LogP contribution in [0.15, 0.2) is 21.0 Å². The summed E-state index contributed by atoms with van der Waals surface area (Å²) in [6, 6.07) is 3.65. The lowest BCUT2D eigenvalue weighted by atomic mass is 10.3. The van der Waals surface area contributed by atoms with Crippen LogP contribution in [0.4, 0.5) is 11.8 Å². The number of rotatable bonds is 2. The van der Waals surface area contributed by atoms with Gasteiger partial charge in [0.05, 0.1) is 4.47 Å². The lowest BCUT2D eigenvalue weighted by molar-refractivity contribution is 0.546. The second kappa shape index (κ2) is 4.11. The number of hydrazine groups is 1. The first kappa shape index (κ1) is 10.9. The summed E-state index contributed by atoms with van der Waals surface area (Å²) in [6.45, 7) is 1.85. The molecule has 2 rings (SSSR count). The molecule has 0 spiro atoms. The lowest BCUT2D eigenvalue weighted by Crippen LogP contribution is -2.11. The molecule has 0 aromatic carbocycles. The van der Waals surface area contributed by atoms with E-state index in [1.54, 1.807) is 0 Å². The quantitative estimate of drug-likeness (QED) is 0.572. The molecule has 16 heavy (non-hydrogen) atoms. The van der Waals surface area contributed by atoms with Crippen molar-refractivity contribution in [3.8, 4) is 11.5 Å². The highest BCUT2D eigenvalue weighted by molar-refractivity contribution is 9.10. The van der Waals surface area contributed by atoms with Crippen molar-refractivity contribution in [2.75, 3.05) is 11.2 Å². The molecular weight excluding hydrogens is 274 g/mol. The number of nitrogen functional groups attached to an aromatic ring is 2. The van der Waals surface area contributed by atoms with E-state index in [-0.39, 0.29) is 5.95 Å². The number of furan rings is 1. The fourth-order valence-electron chi connectivity index (χ4n) is 1.29. The van der Waals surface area contributed by atoms with Crippen molar-refractivity contribution in [3.63, 3.8) is 0 Å². The van der Waals surface area contributed by atoms with Gasteiger partial charge in [0.1, 0.15) is 11.5 Å². The maximum atomic E-state index is 5.57. The molecular formula is C9H10BrN5O. The Hall–Kier alpha value is -1.60. The normalized spacial score (nSPS) is 10.4. The Labute approximate surface area is 100 Å². The van der Waals surface area contributed by atoms with Gasteiger partial charge in [0.25, 0.3) is 0 Å². The Morgan fingerprint density at radius 2 is 2.12 bits per heavy atom. The number of halogens is 1. The van der Waals surface area contributed by atoms with Crippen LogP contribution in [0.1, 0.15) is 5.76 Å². The average Bonchev–Trinajstić information content (AvgIpc) is 2.67. The van der Waals surface area contributed by atoms with Crippen molar-refractivity contribution in [1.82, 2.24) is 9.97 Å². The number of nitrogens with one attached hydrogen (secondary N) is 1. The topological polar surface area (TPSA) is 103 Å². The summed E-state index contributed by atoms with van der Waals surface area (Å²) in [5, 5.41) is 0. The minimum atomic E-state index is 0.125. The monoisotopic (exact) mass is 283 g/mol. The van der Waals surface area contributed by atoms with E-state index in [0.717, 1.165) is 5.76 Å². The van der Waals surface area contributed by atoms with Gasteiger partial charge >= 0.3 is 0 Å². The number of nitrogens with zero attached hydrogens (tertiary/aromatic N) is 2. The summed E-state index contributed by atoms with van der Waals surface area (Å²) < 4.78 is 6.07. The van der Waals surface area contributed by atoms with Crippen molar-refractivity contribution in [3.05, 3.63) is 22.4 Å². The number of hydrogen-bond donors (Lipinski definition) is 3. The minimum Gasteiger partial charge on any atom is -0.460 e. The van der Waals surface area contributed by atoms with Crippen molar-refractivity contribution < 1.29 is 4.42 Å². The molecule has 0 atom stereocenters. The van der Waals surface area contributed by atoms with Gasteiger partial charge < -0.3 is 15.6 Å². The van der Waals surface area contributed by atoms with E-state index in [1.807, 2.05) is 19.1 Å². The lowest BCUT2D eigenvalue weighted by Gasteiger charge is -2.06. The fourth-order valence-corrected chi connectivity index (χ4v) is 1.77. The summed E-state index contributed by atoms with van der Waals surface area (Å²) in [4.78, 5) is 8.02. The van der Waals surface area contributed by atoms with Crippen LogP contribution in [0.3, 0.4) is 0 Å². The van der Waals surface area contributed by atoms with Gasteiger partial charge in [-0.1, -0.05) is 0 Å². The first-order chi connectivity index (χ1) is 7.61. The van der Waals surface area contributed by atoms with E-state index in [1.165, 1.54) is 0 Å². The molecule has 0 bridgehead atoms. The van der Waals surface area contributed by atoms with Crippen LogP contribution in [0.2, 0.25) is 0 Å². The van der Waals surface area contributed by atoms with E-state index in [9.17, 15) is 0 Å². The molecule has 2 heterocycles. The zero-order chi connectivity index (χ0) is 11.7. The minimum absolute atomic E-state index is 0.125. The summed E-state index contributed by atoms with van der Waals surface area (Å²) in [5.41, 5.74) is 8.56. The maximum absolute atomic E-state index is 5.57. The highest BCUT2D eigenvalue weighted by Gasteiger charge is 2.14. The van der Waals surface area contributed by atoms with Crippen LogP contribution in [0.25, 0.3) is 11.5 Å². The molecule has 2 aromatic heterocycles. The first-order valence-electron chi connectivity index (χ1n) is 4.48. The van der Waals surface area contributed by atoms with Gasteiger partial charge in [0.2, 0.25) is 5.95 Å². The van der Waals surface area contributed by atoms with Crippen molar-refractivity contribution in [2.24, 2.45) is 5.84 Å². The van der Waals surface area contributed by atoms with Crippen LogP contribution in [0, 0.1) is 6.92 Å². The van der Waals surface area contributed by atoms with Crippen LogP contribution < -0.4 is 17.0 Å². The number of aromatic nitrogens is 2. The maximum Gasteiger partial charge on any atom is 0.222 e. The Bertz CT molecular complexity index is 525. The average molecular weight is 284 g/mol. The number of nitrogens with two attached hydrogens (primary N) is 2. The third-order valence-electron chi connectivity index (χ3n) is 1.98. The molecule has 0 aliphatic carbocycles. The van der Waals surface area contributed by atoms with Gasteiger partial charge in [-0.2, -0.15) is 4.98 Å². The Kier molecular flexibility index (Phi) is 2.80. The second-order valence-electron chi connectivity index (χ2n) is 3.15. The first-order valence-corrected chi connectivity index (χ1v) is 5.27. The van der Waals surface area contributed by atoms with Crippen LogP contribution in [-0.2, 0) is 0 Å². The van der Waals surface area contributed by atoms with E-state index in [2.05, 4.69) is 31.3 Å². The zero-order valence-corrected chi connectivity index (χ0v) is 10.1.